The average Bonchev–Trinajstić information content (AvgIpc) is 3.49. The van der Waals surface area contributed by atoms with Crippen LogP contribution in [0.5, 0.6) is 0 Å². The number of rotatable bonds is 6. The molecule has 0 radical (unpaired) electrons. The standard InChI is InChI=1S/C21H19FN2O3/c22-17-3-1-2-16(13-17)19(21(26)23-18-9-10-18)12-15-6-4-14(5-7-15)8-11-20(25)24-27/h1-8,11-13,18,27H,9-10H2,(H,23,26)(H,24,25)/b11-8+,19-12-. The third-order valence-corrected chi connectivity index (χ3v) is 4.08. The topological polar surface area (TPSA) is 78.4 Å². The van der Waals surface area contributed by atoms with Gasteiger partial charge in [0.05, 0.1) is 0 Å². The first kappa shape index (κ1) is 18.5. The molecule has 0 aromatic heterocycles. The highest BCUT2D eigenvalue weighted by Crippen LogP contribution is 2.24. The highest BCUT2D eigenvalue weighted by atomic mass is 19.1. The van der Waals surface area contributed by atoms with Gasteiger partial charge in [0.25, 0.3) is 11.8 Å². The second-order valence-corrected chi connectivity index (χ2v) is 6.29. The lowest BCUT2D eigenvalue weighted by molar-refractivity contribution is -0.124. The second kappa shape index (κ2) is 8.42. The van der Waals surface area contributed by atoms with Crippen molar-refractivity contribution in [3.63, 3.8) is 0 Å². The Hall–Kier alpha value is -3.25. The molecule has 1 aliphatic rings. The highest BCUT2D eigenvalue weighted by molar-refractivity contribution is 6.24. The summed E-state index contributed by atoms with van der Waals surface area (Å²) in [4.78, 5) is 23.6. The molecular weight excluding hydrogens is 347 g/mol. The van der Waals surface area contributed by atoms with Crippen LogP contribution < -0.4 is 10.8 Å². The number of hydrogen-bond donors (Lipinski definition) is 3. The van der Waals surface area contributed by atoms with Crippen LogP contribution in [0.25, 0.3) is 17.7 Å². The van der Waals surface area contributed by atoms with Gasteiger partial charge >= 0.3 is 0 Å². The predicted octanol–water partition coefficient (Wildman–Crippen LogP) is 3.16. The van der Waals surface area contributed by atoms with Crippen molar-refractivity contribution in [3.05, 3.63) is 77.1 Å². The fourth-order valence-electron chi connectivity index (χ4n) is 2.51. The van der Waals surface area contributed by atoms with E-state index in [0.29, 0.717) is 11.1 Å². The molecule has 2 amide bonds. The molecule has 1 fully saturated rings. The summed E-state index contributed by atoms with van der Waals surface area (Å²) in [5, 5.41) is 11.4. The van der Waals surface area contributed by atoms with Crippen LogP contribution in [0.15, 0.2) is 54.6 Å². The molecule has 0 bridgehead atoms. The first-order valence-electron chi connectivity index (χ1n) is 8.56. The Balaban J connectivity index is 1.87. The average molecular weight is 366 g/mol. The predicted molar refractivity (Wildman–Crippen MR) is 101 cm³/mol. The molecule has 0 spiro atoms. The SMILES string of the molecule is O=C(/C=C/c1ccc(/C=C(\C(=O)NC2CC2)c2cccc(F)c2)cc1)NO. The zero-order valence-corrected chi connectivity index (χ0v) is 14.5. The number of benzene rings is 2. The molecule has 3 N–H and O–H groups in total. The minimum Gasteiger partial charge on any atom is -0.349 e. The smallest absolute Gasteiger partial charge is 0.267 e. The van der Waals surface area contributed by atoms with E-state index in [1.165, 1.54) is 23.7 Å². The monoisotopic (exact) mass is 366 g/mol. The van der Waals surface area contributed by atoms with Gasteiger partial charge in [-0.2, -0.15) is 0 Å². The van der Waals surface area contributed by atoms with E-state index in [-0.39, 0.29) is 11.9 Å². The van der Waals surface area contributed by atoms with Crippen molar-refractivity contribution >= 4 is 29.5 Å². The van der Waals surface area contributed by atoms with Crippen LogP contribution in [-0.2, 0) is 9.59 Å². The van der Waals surface area contributed by atoms with Crippen molar-refractivity contribution < 1.29 is 19.2 Å². The molecule has 6 heteroatoms. The summed E-state index contributed by atoms with van der Waals surface area (Å²) < 4.78 is 13.6. The molecule has 1 saturated carbocycles. The van der Waals surface area contributed by atoms with Crippen LogP contribution in [0, 0.1) is 5.82 Å². The lowest BCUT2D eigenvalue weighted by atomic mass is 10.0. The van der Waals surface area contributed by atoms with Gasteiger partial charge in [0.1, 0.15) is 5.82 Å². The van der Waals surface area contributed by atoms with E-state index in [1.807, 2.05) is 0 Å². The molecular formula is C21H19FN2O3. The quantitative estimate of drug-likeness (QED) is 0.318. The normalized spacial score (nSPS) is 14.2. The first-order chi connectivity index (χ1) is 13.0. The van der Waals surface area contributed by atoms with Crippen molar-refractivity contribution in [3.8, 4) is 0 Å². The van der Waals surface area contributed by atoms with Gasteiger partial charge in [-0.1, -0.05) is 36.4 Å². The maximum absolute atomic E-state index is 13.6. The summed E-state index contributed by atoms with van der Waals surface area (Å²) in [5.74, 6) is -1.25. The van der Waals surface area contributed by atoms with E-state index in [1.54, 1.807) is 48.6 Å². The van der Waals surface area contributed by atoms with Gasteiger partial charge in [-0.25, -0.2) is 9.87 Å². The molecule has 27 heavy (non-hydrogen) atoms. The van der Waals surface area contributed by atoms with E-state index in [2.05, 4.69) is 5.32 Å². The van der Waals surface area contributed by atoms with Crippen molar-refractivity contribution in [2.24, 2.45) is 0 Å². The van der Waals surface area contributed by atoms with Gasteiger partial charge in [-0.15, -0.1) is 0 Å². The number of amides is 2. The molecule has 138 valence electrons. The summed E-state index contributed by atoms with van der Waals surface area (Å²) in [6.45, 7) is 0. The number of carbonyl (C=O) groups excluding carboxylic acids is 2. The lowest BCUT2D eigenvalue weighted by Gasteiger charge is -2.09. The van der Waals surface area contributed by atoms with Gasteiger partial charge in [-0.05, 0) is 53.8 Å². The van der Waals surface area contributed by atoms with Crippen LogP contribution in [0.2, 0.25) is 0 Å². The lowest BCUT2D eigenvalue weighted by Crippen LogP contribution is -2.26. The molecule has 0 saturated heterocycles. The fraction of sp³-hybridized carbons (Fsp3) is 0.143. The summed E-state index contributed by atoms with van der Waals surface area (Å²) in [5.41, 5.74) is 3.94. The Bertz CT molecular complexity index is 900. The van der Waals surface area contributed by atoms with Crippen molar-refractivity contribution in [2.75, 3.05) is 0 Å². The van der Waals surface area contributed by atoms with Crippen LogP contribution in [0.3, 0.4) is 0 Å². The number of hydrogen-bond acceptors (Lipinski definition) is 3. The molecule has 0 aliphatic heterocycles. The third kappa shape index (κ3) is 5.36. The van der Waals surface area contributed by atoms with E-state index >= 15 is 0 Å². The van der Waals surface area contributed by atoms with Crippen LogP contribution in [-0.4, -0.2) is 23.1 Å². The van der Waals surface area contributed by atoms with Crippen LogP contribution in [0.1, 0.15) is 29.5 Å². The van der Waals surface area contributed by atoms with Gasteiger partial charge < -0.3 is 5.32 Å². The van der Waals surface area contributed by atoms with Crippen molar-refractivity contribution in [1.29, 1.82) is 0 Å². The number of hydroxylamine groups is 1. The Morgan fingerprint density at radius 2 is 1.78 bits per heavy atom. The Morgan fingerprint density at radius 3 is 2.41 bits per heavy atom. The zero-order chi connectivity index (χ0) is 19.2. The molecule has 0 unspecified atom stereocenters. The van der Waals surface area contributed by atoms with Gasteiger partial charge in [-0.3, -0.25) is 14.8 Å². The van der Waals surface area contributed by atoms with Crippen LogP contribution in [0.4, 0.5) is 4.39 Å². The van der Waals surface area contributed by atoms with E-state index in [9.17, 15) is 14.0 Å². The second-order valence-electron chi connectivity index (χ2n) is 6.29. The molecule has 5 nitrogen and oxygen atoms in total. The molecule has 0 heterocycles. The van der Waals surface area contributed by atoms with Crippen molar-refractivity contribution in [1.82, 2.24) is 10.8 Å². The molecule has 2 aromatic rings. The van der Waals surface area contributed by atoms with Crippen molar-refractivity contribution in [2.45, 2.75) is 18.9 Å². The van der Waals surface area contributed by atoms with Gasteiger partial charge in [0.15, 0.2) is 0 Å². The highest BCUT2D eigenvalue weighted by Gasteiger charge is 2.25. The summed E-state index contributed by atoms with van der Waals surface area (Å²) in [7, 11) is 0. The van der Waals surface area contributed by atoms with Gasteiger partial charge in [0.2, 0.25) is 0 Å². The maximum atomic E-state index is 13.6. The number of halogens is 1. The number of carbonyl (C=O) groups is 2. The molecule has 3 rings (SSSR count). The molecule has 2 aromatic carbocycles. The fourth-order valence-corrected chi connectivity index (χ4v) is 2.51. The first-order valence-corrected chi connectivity index (χ1v) is 8.56. The van der Waals surface area contributed by atoms with E-state index < -0.39 is 11.7 Å². The zero-order valence-electron chi connectivity index (χ0n) is 14.5. The number of nitrogens with one attached hydrogen (secondary N) is 2. The minimum atomic E-state index is -0.621. The summed E-state index contributed by atoms with van der Waals surface area (Å²) in [6.07, 6.45) is 6.38. The maximum Gasteiger partial charge on any atom is 0.267 e. The Morgan fingerprint density at radius 1 is 1.07 bits per heavy atom. The van der Waals surface area contributed by atoms with E-state index in [4.69, 9.17) is 5.21 Å². The Labute approximate surface area is 156 Å². The van der Waals surface area contributed by atoms with E-state index in [0.717, 1.165) is 24.0 Å². The summed E-state index contributed by atoms with van der Waals surface area (Å²) >= 11 is 0. The van der Waals surface area contributed by atoms with Gasteiger partial charge in [0, 0.05) is 17.7 Å². The summed E-state index contributed by atoms with van der Waals surface area (Å²) in [6, 6.07) is 13.3. The Kier molecular flexibility index (Phi) is 5.78. The van der Waals surface area contributed by atoms with Crippen LogP contribution >= 0.6 is 0 Å². The third-order valence-electron chi connectivity index (χ3n) is 4.08. The molecule has 0 atom stereocenters. The molecule has 1 aliphatic carbocycles. The minimum absolute atomic E-state index is 0.194. The largest absolute Gasteiger partial charge is 0.349 e.